The summed E-state index contributed by atoms with van der Waals surface area (Å²) in [6.45, 7) is 6.44. The van der Waals surface area contributed by atoms with Gasteiger partial charge in [-0.3, -0.25) is 0 Å². The van der Waals surface area contributed by atoms with Crippen LogP contribution in [-0.2, 0) is 0 Å². The van der Waals surface area contributed by atoms with Gasteiger partial charge in [-0.15, -0.1) is 0 Å². The number of anilines is 2. The molecular formula is C21H34N2O2. The Balaban J connectivity index is 2.01. The number of rotatable bonds is 9. The summed E-state index contributed by atoms with van der Waals surface area (Å²) in [4.78, 5) is 13.8. The van der Waals surface area contributed by atoms with E-state index in [1.807, 2.05) is 6.07 Å². The van der Waals surface area contributed by atoms with Crippen LogP contribution in [0, 0.1) is 11.8 Å². The predicted molar refractivity (Wildman–Crippen MR) is 105 cm³/mol. The molecule has 0 aromatic heterocycles. The second-order valence-electron chi connectivity index (χ2n) is 7.45. The van der Waals surface area contributed by atoms with Gasteiger partial charge in [0.25, 0.3) is 0 Å². The first-order valence-electron chi connectivity index (χ1n) is 9.94. The standard InChI is InChI=1S/C21H34N2O2/c1-3-5-7-16(8-6-4-2)17-11-13-23(14-12-17)20-10-9-18(22)15-19(20)21(24)25/h9-10,15-17H,3-8,11-14,22H2,1-2H3,(H,24,25). The average Bonchev–Trinajstić information content (AvgIpc) is 2.62. The molecule has 0 atom stereocenters. The van der Waals surface area contributed by atoms with Gasteiger partial charge in [-0.05, 0) is 42.9 Å². The average molecular weight is 347 g/mol. The number of hydrogen-bond acceptors (Lipinski definition) is 3. The second kappa shape index (κ2) is 9.69. The molecule has 0 bridgehead atoms. The Morgan fingerprint density at radius 2 is 1.80 bits per heavy atom. The minimum Gasteiger partial charge on any atom is -0.478 e. The molecule has 4 heteroatoms. The van der Waals surface area contributed by atoms with Crippen LogP contribution in [0.3, 0.4) is 0 Å². The van der Waals surface area contributed by atoms with Crippen LogP contribution in [0.25, 0.3) is 0 Å². The molecule has 1 heterocycles. The zero-order chi connectivity index (χ0) is 18.2. The number of aromatic carboxylic acids is 1. The summed E-state index contributed by atoms with van der Waals surface area (Å²) in [5.74, 6) is 0.733. The van der Waals surface area contributed by atoms with Crippen LogP contribution < -0.4 is 10.6 Å². The third kappa shape index (κ3) is 5.38. The summed E-state index contributed by atoms with van der Waals surface area (Å²) in [6.07, 6.45) is 10.2. The van der Waals surface area contributed by atoms with Crippen molar-refractivity contribution in [3.8, 4) is 0 Å². The maximum atomic E-state index is 11.5. The van der Waals surface area contributed by atoms with Crippen molar-refractivity contribution in [3.63, 3.8) is 0 Å². The van der Waals surface area contributed by atoms with E-state index in [2.05, 4.69) is 18.7 Å². The van der Waals surface area contributed by atoms with Gasteiger partial charge in [0.2, 0.25) is 0 Å². The third-order valence-electron chi connectivity index (χ3n) is 5.65. The molecule has 0 aliphatic carbocycles. The van der Waals surface area contributed by atoms with Crippen LogP contribution >= 0.6 is 0 Å². The third-order valence-corrected chi connectivity index (χ3v) is 5.65. The number of carboxylic acid groups (broad SMARTS) is 1. The Morgan fingerprint density at radius 3 is 2.32 bits per heavy atom. The van der Waals surface area contributed by atoms with Crippen molar-refractivity contribution in [2.24, 2.45) is 11.8 Å². The van der Waals surface area contributed by atoms with E-state index in [0.29, 0.717) is 11.3 Å². The fourth-order valence-corrected chi connectivity index (χ4v) is 4.16. The Hall–Kier alpha value is -1.71. The zero-order valence-corrected chi connectivity index (χ0v) is 15.8. The highest BCUT2D eigenvalue weighted by atomic mass is 16.4. The van der Waals surface area contributed by atoms with Crippen molar-refractivity contribution in [1.29, 1.82) is 0 Å². The Morgan fingerprint density at radius 1 is 1.20 bits per heavy atom. The normalized spacial score (nSPS) is 15.7. The van der Waals surface area contributed by atoms with Gasteiger partial charge in [-0.2, -0.15) is 0 Å². The fourth-order valence-electron chi connectivity index (χ4n) is 4.16. The lowest BCUT2D eigenvalue weighted by Crippen LogP contribution is -2.37. The summed E-state index contributed by atoms with van der Waals surface area (Å²) < 4.78 is 0. The Kier molecular flexibility index (Phi) is 7.60. The smallest absolute Gasteiger partial charge is 0.337 e. The predicted octanol–water partition coefficient (Wildman–Crippen LogP) is 5.18. The lowest BCUT2D eigenvalue weighted by atomic mass is 9.78. The largest absolute Gasteiger partial charge is 0.478 e. The second-order valence-corrected chi connectivity index (χ2v) is 7.45. The quantitative estimate of drug-likeness (QED) is 0.605. The lowest BCUT2D eigenvalue weighted by molar-refractivity contribution is 0.0697. The van der Waals surface area contributed by atoms with E-state index < -0.39 is 5.97 Å². The number of nitrogen functional groups attached to an aromatic ring is 1. The molecule has 4 nitrogen and oxygen atoms in total. The van der Waals surface area contributed by atoms with Gasteiger partial charge in [0.05, 0.1) is 11.3 Å². The molecule has 3 N–H and O–H groups in total. The highest BCUT2D eigenvalue weighted by Gasteiger charge is 2.27. The summed E-state index contributed by atoms with van der Waals surface area (Å²) in [5.41, 5.74) is 7.42. The van der Waals surface area contributed by atoms with Crippen molar-refractivity contribution in [2.45, 2.75) is 65.2 Å². The minimum atomic E-state index is -0.895. The first-order chi connectivity index (χ1) is 12.1. The van der Waals surface area contributed by atoms with Gasteiger partial charge in [-0.25, -0.2) is 4.79 Å². The summed E-state index contributed by atoms with van der Waals surface area (Å²) in [7, 11) is 0. The van der Waals surface area contributed by atoms with Gasteiger partial charge in [0, 0.05) is 18.8 Å². The van der Waals surface area contributed by atoms with E-state index in [1.54, 1.807) is 12.1 Å². The summed E-state index contributed by atoms with van der Waals surface area (Å²) in [6, 6.07) is 5.25. The molecule has 2 rings (SSSR count). The molecule has 0 radical (unpaired) electrons. The van der Waals surface area contributed by atoms with E-state index >= 15 is 0 Å². The topological polar surface area (TPSA) is 66.6 Å². The van der Waals surface area contributed by atoms with Crippen LogP contribution in [0.2, 0.25) is 0 Å². The molecule has 1 fully saturated rings. The van der Waals surface area contributed by atoms with E-state index in [1.165, 1.54) is 51.4 Å². The van der Waals surface area contributed by atoms with E-state index in [-0.39, 0.29) is 0 Å². The summed E-state index contributed by atoms with van der Waals surface area (Å²) in [5, 5.41) is 9.47. The number of nitrogens with zero attached hydrogens (tertiary/aromatic N) is 1. The number of benzene rings is 1. The molecular weight excluding hydrogens is 312 g/mol. The van der Waals surface area contributed by atoms with E-state index in [4.69, 9.17) is 5.73 Å². The maximum absolute atomic E-state index is 11.5. The number of unbranched alkanes of at least 4 members (excludes halogenated alkanes) is 2. The van der Waals surface area contributed by atoms with Crippen molar-refractivity contribution in [3.05, 3.63) is 23.8 Å². The molecule has 0 unspecified atom stereocenters. The van der Waals surface area contributed by atoms with Crippen LogP contribution in [0.5, 0.6) is 0 Å². The van der Waals surface area contributed by atoms with Gasteiger partial charge >= 0.3 is 5.97 Å². The molecule has 0 amide bonds. The van der Waals surface area contributed by atoms with Gasteiger partial charge in [-0.1, -0.05) is 52.4 Å². The van der Waals surface area contributed by atoms with Crippen LogP contribution in [0.1, 0.15) is 75.6 Å². The number of nitrogens with two attached hydrogens (primary N) is 1. The molecule has 25 heavy (non-hydrogen) atoms. The Bertz CT molecular complexity index is 543. The summed E-state index contributed by atoms with van der Waals surface area (Å²) >= 11 is 0. The number of carbonyl (C=O) groups is 1. The van der Waals surface area contributed by atoms with Crippen molar-refractivity contribution in [1.82, 2.24) is 0 Å². The Labute approximate surface area is 152 Å². The SMILES string of the molecule is CCCCC(CCCC)C1CCN(c2ccc(N)cc2C(=O)O)CC1. The lowest BCUT2D eigenvalue weighted by Gasteiger charge is -2.38. The molecule has 1 aromatic rings. The molecule has 140 valence electrons. The van der Waals surface area contributed by atoms with Gasteiger partial charge in [0.1, 0.15) is 0 Å². The maximum Gasteiger partial charge on any atom is 0.337 e. The molecule has 0 spiro atoms. The highest BCUT2D eigenvalue weighted by molar-refractivity contribution is 5.95. The van der Waals surface area contributed by atoms with Gasteiger partial charge in [0.15, 0.2) is 0 Å². The van der Waals surface area contributed by atoms with E-state index in [9.17, 15) is 9.90 Å². The molecule has 1 aliphatic rings. The molecule has 1 aromatic carbocycles. The van der Waals surface area contributed by atoms with Crippen LogP contribution in [0.4, 0.5) is 11.4 Å². The zero-order valence-electron chi connectivity index (χ0n) is 15.8. The fraction of sp³-hybridized carbons (Fsp3) is 0.667. The van der Waals surface area contributed by atoms with Crippen LogP contribution in [0.15, 0.2) is 18.2 Å². The van der Waals surface area contributed by atoms with Crippen molar-refractivity contribution < 1.29 is 9.90 Å². The van der Waals surface area contributed by atoms with E-state index in [0.717, 1.165) is 30.6 Å². The van der Waals surface area contributed by atoms with Gasteiger partial charge < -0.3 is 15.7 Å². The van der Waals surface area contributed by atoms with Crippen molar-refractivity contribution in [2.75, 3.05) is 23.7 Å². The van der Waals surface area contributed by atoms with Crippen molar-refractivity contribution >= 4 is 17.3 Å². The van der Waals surface area contributed by atoms with Crippen LogP contribution in [-0.4, -0.2) is 24.2 Å². The highest BCUT2D eigenvalue weighted by Crippen LogP contribution is 2.35. The number of hydrogen-bond donors (Lipinski definition) is 2. The number of carboxylic acids is 1. The number of piperidine rings is 1. The monoisotopic (exact) mass is 346 g/mol. The molecule has 1 aliphatic heterocycles. The molecule has 1 saturated heterocycles. The molecule has 0 saturated carbocycles. The first-order valence-corrected chi connectivity index (χ1v) is 9.94. The first kappa shape index (κ1) is 19.6. The minimum absolute atomic E-state index is 0.326.